The first-order valence-electron chi connectivity index (χ1n) is 17.6. The fraction of sp³-hybridized carbons (Fsp3) is 0.111. The minimum absolute atomic E-state index is 0.226. The van der Waals surface area contributed by atoms with E-state index in [0.717, 1.165) is 57.4 Å². The molecular formula is C45H36Cl2N4O4. The molecule has 0 aliphatic carbocycles. The molecule has 0 fully saturated rings. The molecule has 4 heterocycles. The number of benzene rings is 4. The second-order valence-electron chi connectivity index (χ2n) is 13.1. The summed E-state index contributed by atoms with van der Waals surface area (Å²) in [7, 11) is 1.37. The number of aromatic nitrogens is 4. The zero-order valence-corrected chi connectivity index (χ0v) is 31.4. The average Bonchev–Trinajstić information content (AvgIpc) is 3.79. The van der Waals surface area contributed by atoms with Crippen molar-refractivity contribution in [3.8, 4) is 0 Å². The number of aromatic carboxylic acids is 1. The maximum absolute atomic E-state index is 12.1. The van der Waals surface area contributed by atoms with E-state index < -0.39 is 5.97 Å². The molecule has 4 aromatic carbocycles. The van der Waals surface area contributed by atoms with Gasteiger partial charge in [-0.1, -0.05) is 96.0 Å². The molecule has 0 bridgehead atoms. The van der Waals surface area contributed by atoms with Crippen LogP contribution in [0.15, 0.2) is 146 Å². The summed E-state index contributed by atoms with van der Waals surface area (Å²) < 4.78 is 9.13. The van der Waals surface area contributed by atoms with Crippen LogP contribution in [-0.2, 0) is 30.7 Å². The van der Waals surface area contributed by atoms with Crippen LogP contribution in [0.1, 0.15) is 54.1 Å². The van der Waals surface area contributed by atoms with E-state index in [1.165, 1.54) is 24.3 Å². The van der Waals surface area contributed by atoms with E-state index in [1.54, 1.807) is 24.3 Å². The summed E-state index contributed by atoms with van der Waals surface area (Å²) in [6.07, 6.45) is 8.82. The third-order valence-corrected chi connectivity index (χ3v) is 9.75. The largest absolute Gasteiger partial charge is 0.478 e. The molecular weight excluding hydrogens is 731 g/mol. The number of esters is 1. The van der Waals surface area contributed by atoms with Gasteiger partial charge < -0.3 is 19.0 Å². The van der Waals surface area contributed by atoms with E-state index in [9.17, 15) is 14.7 Å². The van der Waals surface area contributed by atoms with Gasteiger partial charge in [0, 0.05) is 58.7 Å². The van der Waals surface area contributed by atoms with Crippen molar-refractivity contribution in [2.75, 3.05) is 7.11 Å². The van der Waals surface area contributed by atoms with Crippen molar-refractivity contribution < 1.29 is 19.4 Å². The summed E-state index contributed by atoms with van der Waals surface area (Å²) in [5.74, 6) is -1.36. The Morgan fingerprint density at radius 3 is 1.51 bits per heavy atom. The number of hydrogen-bond acceptors (Lipinski definition) is 5. The fourth-order valence-electron chi connectivity index (χ4n) is 6.60. The molecule has 8 nitrogen and oxygen atoms in total. The number of carboxylic acid groups (broad SMARTS) is 1. The standard InChI is InChI=1S/C23H19ClN2O2.C22H17ClN2O2/c1-28-23(27)21-13-20(24)8-7-18(21)11-17-12-19-9-10-26(22(19)25-14-17)15-16-5-3-2-4-6-16;23-19-7-6-17(20(12-19)22(26)27)10-16-11-18-8-9-25(21(18)24-13-16)14-15-4-2-1-3-5-15/h2-10,12-14H,11,15H2,1H3;1-9,11-13H,10,14H2,(H,26,27). The van der Waals surface area contributed by atoms with E-state index in [-0.39, 0.29) is 11.5 Å². The van der Waals surface area contributed by atoms with Crippen molar-refractivity contribution >= 4 is 57.2 Å². The second-order valence-corrected chi connectivity index (χ2v) is 14.0. The van der Waals surface area contributed by atoms with Crippen LogP contribution in [-0.4, -0.2) is 43.3 Å². The second kappa shape index (κ2) is 16.8. The first-order valence-corrected chi connectivity index (χ1v) is 18.3. The summed E-state index contributed by atoms with van der Waals surface area (Å²) in [5, 5.41) is 12.4. The third-order valence-electron chi connectivity index (χ3n) is 9.28. The summed E-state index contributed by atoms with van der Waals surface area (Å²) in [4.78, 5) is 32.8. The predicted molar refractivity (Wildman–Crippen MR) is 217 cm³/mol. The van der Waals surface area contributed by atoms with Crippen LogP contribution >= 0.6 is 23.2 Å². The van der Waals surface area contributed by atoms with Crippen molar-refractivity contribution in [2.24, 2.45) is 0 Å². The van der Waals surface area contributed by atoms with Gasteiger partial charge in [0.05, 0.1) is 18.2 Å². The van der Waals surface area contributed by atoms with Crippen molar-refractivity contribution in [3.05, 3.63) is 201 Å². The molecule has 0 unspecified atom stereocenters. The van der Waals surface area contributed by atoms with E-state index in [0.29, 0.717) is 28.5 Å². The van der Waals surface area contributed by atoms with Gasteiger partial charge in [-0.2, -0.15) is 0 Å². The van der Waals surface area contributed by atoms with Crippen LogP contribution in [0.2, 0.25) is 10.0 Å². The first kappa shape index (κ1) is 37.1. The molecule has 0 aliphatic rings. The lowest BCUT2D eigenvalue weighted by Crippen LogP contribution is -2.06. The minimum atomic E-state index is -0.976. The number of carboxylic acids is 1. The van der Waals surface area contributed by atoms with E-state index in [1.807, 2.05) is 67.1 Å². The molecule has 0 aliphatic heterocycles. The molecule has 0 radical (unpaired) electrons. The zero-order chi connectivity index (χ0) is 38.3. The van der Waals surface area contributed by atoms with Crippen molar-refractivity contribution in [3.63, 3.8) is 0 Å². The molecule has 0 saturated heterocycles. The number of carbonyl (C=O) groups excluding carboxylic acids is 1. The molecule has 0 amide bonds. The van der Waals surface area contributed by atoms with E-state index in [2.05, 4.69) is 67.8 Å². The molecule has 0 atom stereocenters. The van der Waals surface area contributed by atoms with Crippen LogP contribution < -0.4 is 0 Å². The van der Waals surface area contributed by atoms with Gasteiger partial charge in [-0.05, 0) is 94.8 Å². The molecule has 55 heavy (non-hydrogen) atoms. The Morgan fingerprint density at radius 2 is 1.05 bits per heavy atom. The number of nitrogens with zero attached hydrogens (tertiary/aromatic N) is 4. The zero-order valence-electron chi connectivity index (χ0n) is 29.9. The van der Waals surface area contributed by atoms with Gasteiger partial charge in [0.25, 0.3) is 0 Å². The Morgan fingerprint density at radius 1 is 0.600 bits per heavy atom. The summed E-state index contributed by atoms with van der Waals surface area (Å²) in [6.45, 7) is 1.54. The molecule has 8 aromatic rings. The molecule has 0 saturated carbocycles. The van der Waals surface area contributed by atoms with E-state index in [4.69, 9.17) is 27.9 Å². The summed E-state index contributed by atoms with van der Waals surface area (Å²) in [6, 6.07) is 39.1. The average molecular weight is 768 g/mol. The smallest absolute Gasteiger partial charge is 0.338 e. The van der Waals surface area contributed by atoms with Gasteiger partial charge in [-0.25, -0.2) is 19.6 Å². The summed E-state index contributed by atoms with van der Waals surface area (Å²) >= 11 is 12.0. The monoisotopic (exact) mass is 766 g/mol. The molecule has 1 N–H and O–H groups in total. The fourth-order valence-corrected chi connectivity index (χ4v) is 6.94. The van der Waals surface area contributed by atoms with Crippen LogP contribution in [0.3, 0.4) is 0 Å². The maximum Gasteiger partial charge on any atom is 0.338 e. The third kappa shape index (κ3) is 8.95. The van der Waals surface area contributed by atoms with Crippen molar-refractivity contribution in [1.82, 2.24) is 19.1 Å². The van der Waals surface area contributed by atoms with Crippen LogP contribution in [0.5, 0.6) is 0 Å². The van der Waals surface area contributed by atoms with Crippen LogP contribution in [0, 0.1) is 0 Å². The molecule has 0 spiro atoms. The number of rotatable bonds is 10. The highest BCUT2D eigenvalue weighted by Gasteiger charge is 2.15. The topological polar surface area (TPSA) is 99.2 Å². The quantitative estimate of drug-likeness (QED) is 0.139. The lowest BCUT2D eigenvalue weighted by atomic mass is 10.0. The first-order chi connectivity index (χ1) is 26.7. The van der Waals surface area contributed by atoms with Gasteiger partial charge in [0.1, 0.15) is 11.3 Å². The van der Waals surface area contributed by atoms with Gasteiger partial charge in [-0.15, -0.1) is 0 Å². The number of carbonyl (C=O) groups is 2. The Labute approximate surface area is 328 Å². The molecule has 10 heteroatoms. The number of pyridine rings is 2. The number of ether oxygens (including phenoxy) is 1. The Balaban J connectivity index is 0.000000169. The van der Waals surface area contributed by atoms with E-state index >= 15 is 0 Å². The Kier molecular flexibility index (Phi) is 11.4. The highest BCUT2D eigenvalue weighted by molar-refractivity contribution is 6.31. The van der Waals surface area contributed by atoms with Gasteiger partial charge >= 0.3 is 11.9 Å². The highest BCUT2D eigenvalue weighted by atomic mass is 35.5. The van der Waals surface area contributed by atoms with Crippen LogP contribution in [0.25, 0.3) is 22.1 Å². The van der Waals surface area contributed by atoms with Gasteiger partial charge in [0.15, 0.2) is 0 Å². The maximum atomic E-state index is 12.1. The number of hydrogen-bond donors (Lipinski definition) is 1. The van der Waals surface area contributed by atoms with Gasteiger partial charge in [0.2, 0.25) is 0 Å². The lowest BCUT2D eigenvalue weighted by Gasteiger charge is -2.09. The van der Waals surface area contributed by atoms with Gasteiger partial charge in [-0.3, -0.25) is 0 Å². The molecule has 8 rings (SSSR count). The Hall–Kier alpha value is -6.22. The Bertz CT molecular complexity index is 2620. The van der Waals surface area contributed by atoms with Crippen molar-refractivity contribution in [1.29, 1.82) is 0 Å². The SMILES string of the molecule is COC(=O)c1cc(Cl)ccc1Cc1cnc2c(ccn2Cc2ccccc2)c1.O=C(O)c1cc(Cl)ccc1Cc1cnc2c(ccn2Cc2ccccc2)c1. The normalized spacial score (nSPS) is 11.0. The molecule has 274 valence electrons. The predicted octanol–water partition coefficient (Wildman–Crippen LogP) is 10.1. The minimum Gasteiger partial charge on any atom is -0.478 e. The molecule has 4 aromatic heterocycles. The van der Waals surface area contributed by atoms with Crippen molar-refractivity contribution in [2.45, 2.75) is 25.9 Å². The highest BCUT2D eigenvalue weighted by Crippen LogP contribution is 2.24. The summed E-state index contributed by atoms with van der Waals surface area (Å²) in [5.41, 5.74) is 8.58. The number of methoxy groups -OCH3 is 1. The number of fused-ring (bicyclic) bond motifs is 2. The number of halogens is 2. The lowest BCUT2D eigenvalue weighted by molar-refractivity contribution is 0.0598. The van der Waals surface area contributed by atoms with Crippen LogP contribution in [0.4, 0.5) is 0 Å².